The topological polar surface area (TPSA) is 81.4 Å². The number of carbonyl (C=O) groups is 1. The molecule has 0 saturated heterocycles. The Hall–Kier alpha value is -2.63. The van der Waals surface area contributed by atoms with E-state index in [0.29, 0.717) is 0 Å². The van der Waals surface area contributed by atoms with Crippen LogP contribution >= 0.6 is 0 Å². The molecule has 104 valence electrons. The molecule has 0 unspecified atom stereocenters. The summed E-state index contributed by atoms with van der Waals surface area (Å²) in [5, 5.41) is 13.0. The van der Waals surface area contributed by atoms with Crippen molar-refractivity contribution in [1.29, 1.82) is 0 Å². The number of carboxylic acid groups (broad SMARTS) is 1. The van der Waals surface area contributed by atoms with Gasteiger partial charge in [0.1, 0.15) is 11.3 Å². The van der Waals surface area contributed by atoms with Crippen molar-refractivity contribution in [2.45, 2.75) is 13.5 Å². The van der Waals surface area contributed by atoms with Gasteiger partial charge in [0.25, 0.3) is 5.56 Å². The highest BCUT2D eigenvalue weighted by atomic mass is 16.5. The summed E-state index contributed by atoms with van der Waals surface area (Å²) in [6.07, 6.45) is 1.60. The average Bonchev–Trinajstić information content (AvgIpc) is 2.41. The van der Waals surface area contributed by atoms with Gasteiger partial charge in [-0.15, -0.1) is 0 Å². The van der Waals surface area contributed by atoms with Crippen molar-refractivity contribution in [3.05, 3.63) is 57.5 Å². The minimum atomic E-state index is -1.06. The fourth-order valence-corrected chi connectivity index (χ4v) is 1.83. The van der Waals surface area contributed by atoms with Crippen LogP contribution in [0.25, 0.3) is 0 Å². The molecule has 2 aromatic rings. The van der Waals surface area contributed by atoms with Crippen LogP contribution in [0.15, 0.2) is 35.3 Å². The third-order valence-corrected chi connectivity index (χ3v) is 2.83. The summed E-state index contributed by atoms with van der Waals surface area (Å²) in [4.78, 5) is 22.7. The summed E-state index contributed by atoms with van der Waals surface area (Å²) in [6.45, 7) is 2.05. The molecule has 0 aliphatic carbocycles. The Morgan fingerprint density at radius 2 is 2.15 bits per heavy atom. The van der Waals surface area contributed by atoms with Gasteiger partial charge in [-0.3, -0.25) is 4.79 Å². The first-order valence-corrected chi connectivity index (χ1v) is 5.95. The van der Waals surface area contributed by atoms with E-state index < -0.39 is 5.97 Å². The van der Waals surface area contributed by atoms with Gasteiger partial charge in [-0.05, 0) is 30.2 Å². The van der Waals surface area contributed by atoms with Crippen molar-refractivity contribution in [2.75, 3.05) is 7.11 Å². The molecule has 0 spiro atoms. The molecule has 0 fully saturated rings. The monoisotopic (exact) mass is 274 g/mol. The zero-order valence-electron chi connectivity index (χ0n) is 11.2. The molecule has 0 radical (unpaired) electrons. The fraction of sp³-hybridized carbons (Fsp3) is 0.214. The van der Waals surface area contributed by atoms with E-state index in [0.717, 1.165) is 11.1 Å². The Morgan fingerprint density at radius 1 is 1.40 bits per heavy atom. The summed E-state index contributed by atoms with van der Waals surface area (Å²) in [6, 6.07) is 6.18. The van der Waals surface area contributed by atoms with Gasteiger partial charge in [0.05, 0.1) is 19.9 Å². The van der Waals surface area contributed by atoms with Crippen molar-refractivity contribution in [2.24, 2.45) is 0 Å². The lowest BCUT2D eigenvalue weighted by atomic mass is 10.1. The number of ether oxygens (including phenoxy) is 1. The number of aromatic carboxylic acids is 1. The van der Waals surface area contributed by atoms with Crippen LogP contribution in [0.3, 0.4) is 0 Å². The third kappa shape index (κ3) is 2.85. The molecule has 1 N–H and O–H groups in total. The second-order valence-corrected chi connectivity index (χ2v) is 4.37. The molecular formula is C14H14N2O4. The highest BCUT2D eigenvalue weighted by Gasteiger charge is 2.11. The number of benzene rings is 1. The molecule has 6 nitrogen and oxygen atoms in total. The Balaban J connectivity index is 2.34. The number of aryl methyl sites for hydroxylation is 1. The van der Waals surface area contributed by atoms with Gasteiger partial charge in [0, 0.05) is 6.07 Å². The van der Waals surface area contributed by atoms with E-state index in [2.05, 4.69) is 5.10 Å². The van der Waals surface area contributed by atoms with Gasteiger partial charge in [0.2, 0.25) is 0 Å². The quantitative estimate of drug-likeness (QED) is 0.909. The number of hydrogen-bond donors (Lipinski definition) is 1. The van der Waals surface area contributed by atoms with E-state index in [4.69, 9.17) is 9.84 Å². The average molecular weight is 274 g/mol. The van der Waals surface area contributed by atoms with Gasteiger partial charge >= 0.3 is 5.97 Å². The number of methoxy groups -OCH3 is 1. The molecule has 0 aliphatic rings. The molecule has 1 heterocycles. The highest BCUT2D eigenvalue weighted by molar-refractivity contribution is 5.90. The second kappa shape index (κ2) is 5.56. The summed E-state index contributed by atoms with van der Waals surface area (Å²) >= 11 is 0. The maximum atomic E-state index is 11.7. The summed E-state index contributed by atoms with van der Waals surface area (Å²) in [5.41, 5.74) is 1.42. The van der Waals surface area contributed by atoms with E-state index in [1.54, 1.807) is 25.3 Å². The first-order valence-electron chi connectivity index (χ1n) is 5.95. The second-order valence-electron chi connectivity index (χ2n) is 4.37. The van der Waals surface area contributed by atoms with Crippen LogP contribution in [0.4, 0.5) is 0 Å². The SMILES string of the molecule is COc1cc(Cn2ncc(C)cc2=O)ccc1C(=O)O. The lowest BCUT2D eigenvalue weighted by molar-refractivity contribution is 0.0693. The predicted octanol–water partition coefficient (Wildman–Crippen LogP) is 1.31. The van der Waals surface area contributed by atoms with E-state index in [9.17, 15) is 9.59 Å². The van der Waals surface area contributed by atoms with Crippen LogP contribution in [0.2, 0.25) is 0 Å². The van der Waals surface area contributed by atoms with Crippen LogP contribution in [-0.2, 0) is 6.54 Å². The minimum absolute atomic E-state index is 0.0838. The minimum Gasteiger partial charge on any atom is -0.496 e. The van der Waals surface area contributed by atoms with Crippen LogP contribution < -0.4 is 10.3 Å². The molecule has 1 aromatic heterocycles. The predicted molar refractivity (Wildman–Crippen MR) is 72.3 cm³/mol. The smallest absolute Gasteiger partial charge is 0.339 e. The largest absolute Gasteiger partial charge is 0.496 e. The van der Waals surface area contributed by atoms with Gasteiger partial charge in [-0.1, -0.05) is 6.07 Å². The van der Waals surface area contributed by atoms with Crippen LogP contribution in [0.1, 0.15) is 21.5 Å². The molecule has 0 saturated carbocycles. The number of carboxylic acids is 1. The molecule has 0 bridgehead atoms. The first kappa shape index (κ1) is 13.8. The van der Waals surface area contributed by atoms with Gasteiger partial charge < -0.3 is 9.84 Å². The van der Waals surface area contributed by atoms with Crippen molar-refractivity contribution < 1.29 is 14.6 Å². The fourth-order valence-electron chi connectivity index (χ4n) is 1.83. The first-order chi connectivity index (χ1) is 9.51. The zero-order valence-corrected chi connectivity index (χ0v) is 11.2. The van der Waals surface area contributed by atoms with Crippen molar-refractivity contribution in [1.82, 2.24) is 9.78 Å². The van der Waals surface area contributed by atoms with E-state index >= 15 is 0 Å². The molecular weight excluding hydrogens is 260 g/mol. The summed E-state index contributed by atoms with van der Waals surface area (Å²) in [7, 11) is 1.40. The molecule has 1 aromatic carbocycles. The molecule has 6 heteroatoms. The Bertz CT molecular complexity index is 707. The van der Waals surface area contributed by atoms with Crippen LogP contribution in [-0.4, -0.2) is 28.0 Å². The Kier molecular flexibility index (Phi) is 3.84. The summed E-state index contributed by atoms with van der Waals surface area (Å²) < 4.78 is 6.35. The van der Waals surface area contributed by atoms with Crippen molar-refractivity contribution in [3.63, 3.8) is 0 Å². The lowest BCUT2D eigenvalue weighted by Crippen LogP contribution is -2.22. The highest BCUT2D eigenvalue weighted by Crippen LogP contribution is 2.20. The van der Waals surface area contributed by atoms with E-state index in [-0.39, 0.29) is 23.4 Å². The molecule has 0 amide bonds. The van der Waals surface area contributed by atoms with Crippen molar-refractivity contribution in [3.8, 4) is 5.75 Å². The van der Waals surface area contributed by atoms with Gasteiger partial charge in [0.15, 0.2) is 0 Å². The molecule has 0 aliphatic heterocycles. The van der Waals surface area contributed by atoms with Crippen LogP contribution in [0, 0.1) is 6.92 Å². The summed E-state index contributed by atoms with van der Waals surface area (Å²) in [5.74, 6) is -0.797. The molecule has 0 atom stereocenters. The molecule has 20 heavy (non-hydrogen) atoms. The Morgan fingerprint density at radius 3 is 2.75 bits per heavy atom. The number of hydrogen-bond acceptors (Lipinski definition) is 4. The number of nitrogens with zero attached hydrogens (tertiary/aromatic N) is 2. The maximum absolute atomic E-state index is 11.7. The van der Waals surface area contributed by atoms with Gasteiger partial charge in [-0.25, -0.2) is 9.48 Å². The molecule has 2 rings (SSSR count). The number of aromatic nitrogens is 2. The third-order valence-electron chi connectivity index (χ3n) is 2.83. The van der Waals surface area contributed by atoms with E-state index in [1.807, 2.05) is 0 Å². The van der Waals surface area contributed by atoms with Gasteiger partial charge in [-0.2, -0.15) is 5.10 Å². The van der Waals surface area contributed by atoms with E-state index in [1.165, 1.54) is 23.9 Å². The Labute approximate surface area is 115 Å². The van der Waals surface area contributed by atoms with Crippen molar-refractivity contribution >= 4 is 5.97 Å². The standard InChI is InChI=1S/C14H14N2O4/c1-9-5-13(17)16(15-7-9)8-10-3-4-11(14(18)19)12(6-10)20-2/h3-7H,8H2,1-2H3,(H,18,19). The maximum Gasteiger partial charge on any atom is 0.339 e. The number of rotatable bonds is 4. The zero-order chi connectivity index (χ0) is 14.7. The van der Waals surface area contributed by atoms with Crippen LogP contribution in [0.5, 0.6) is 5.75 Å². The lowest BCUT2D eigenvalue weighted by Gasteiger charge is -2.09. The normalized spacial score (nSPS) is 10.3.